The first-order valence-corrected chi connectivity index (χ1v) is 11.1. The fourth-order valence-electron chi connectivity index (χ4n) is 3.32. The second kappa shape index (κ2) is 12.2. The zero-order valence-corrected chi connectivity index (χ0v) is 18.6. The fraction of sp³-hybridized carbons (Fsp3) is 0.308. The summed E-state index contributed by atoms with van der Waals surface area (Å²) in [6.45, 7) is 3.61. The summed E-state index contributed by atoms with van der Waals surface area (Å²) in [5.74, 6) is 0.428. The lowest BCUT2D eigenvalue weighted by Gasteiger charge is -2.15. The van der Waals surface area contributed by atoms with Crippen LogP contribution in [0.1, 0.15) is 31.7 Å². The van der Waals surface area contributed by atoms with Crippen molar-refractivity contribution < 1.29 is 22.7 Å². The fourth-order valence-corrected chi connectivity index (χ4v) is 3.32. The second-order valence-corrected chi connectivity index (χ2v) is 7.65. The van der Waals surface area contributed by atoms with Crippen molar-refractivity contribution in [2.75, 3.05) is 18.4 Å². The average molecular weight is 459 g/mol. The summed E-state index contributed by atoms with van der Waals surface area (Å²) in [7, 11) is 0. The molecule has 2 N–H and O–H groups in total. The molecule has 0 amide bonds. The quantitative estimate of drug-likeness (QED) is 0.227. The van der Waals surface area contributed by atoms with Crippen molar-refractivity contribution >= 4 is 5.69 Å². The highest BCUT2D eigenvalue weighted by atomic mass is 19.4. The maximum atomic E-state index is 12.4. The summed E-state index contributed by atoms with van der Waals surface area (Å²) in [4.78, 5) is 5.76. The van der Waals surface area contributed by atoms with Crippen LogP contribution in [-0.2, 0) is 6.42 Å². The van der Waals surface area contributed by atoms with E-state index in [-0.39, 0.29) is 5.75 Å². The lowest BCUT2D eigenvalue weighted by molar-refractivity contribution is -0.274. The Bertz CT molecular complexity index is 977. The van der Waals surface area contributed by atoms with E-state index >= 15 is 0 Å². The zero-order chi connectivity index (χ0) is 23.5. The number of rotatable bonds is 12. The first-order chi connectivity index (χ1) is 15.9. The Labute approximate surface area is 192 Å². The molecule has 3 aromatic carbocycles. The Kier molecular flexibility index (Phi) is 9.01. The van der Waals surface area contributed by atoms with Crippen molar-refractivity contribution in [1.82, 2.24) is 5.48 Å². The Morgan fingerprint density at radius 2 is 1.55 bits per heavy atom. The average Bonchev–Trinajstić information content (AvgIpc) is 2.80. The number of aryl methyl sites for hydroxylation is 1. The third-order valence-corrected chi connectivity index (χ3v) is 5.02. The number of anilines is 1. The van der Waals surface area contributed by atoms with Gasteiger partial charge in [0.15, 0.2) is 5.75 Å². The number of alkyl halides is 3. The SMILES string of the molecule is CCCCNOc1ccc(-c2ccc(OC(F)(F)F)cc2)cc1NCCCc1ccccc1. The minimum Gasteiger partial charge on any atom is -0.407 e. The maximum absolute atomic E-state index is 12.4. The third-order valence-electron chi connectivity index (χ3n) is 5.02. The van der Waals surface area contributed by atoms with Crippen LogP contribution < -0.4 is 20.4 Å². The molecule has 3 aromatic rings. The van der Waals surface area contributed by atoms with Crippen molar-refractivity contribution in [3.8, 4) is 22.6 Å². The van der Waals surface area contributed by atoms with Crippen LogP contribution in [0.25, 0.3) is 11.1 Å². The maximum Gasteiger partial charge on any atom is 0.573 e. The molecule has 0 bridgehead atoms. The Hall–Kier alpha value is -3.19. The molecule has 0 saturated heterocycles. The highest BCUT2D eigenvalue weighted by Crippen LogP contribution is 2.32. The molecule has 0 heterocycles. The zero-order valence-electron chi connectivity index (χ0n) is 18.6. The van der Waals surface area contributed by atoms with Gasteiger partial charge in [0.25, 0.3) is 0 Å². The number of unbranched alkanes of at least 4 members (excludes halogenated alkanes) is 1. The van der Waals surface area contributed by atoms with Crippen LogP contribution in [0.4, 0.5) is 18.9 Å². The van der Waals surface area contributed by atoms with Crippen LogP contribution in [0.15, 0.2) is 72.8 Å². The molecule has 0 aromatic heterocycles. The number of hydrogen-bond donors (Lipinski definition) is 2. The van der Waals surface area contributed by atoms with Crippen LogP contribution in [0.5, 0.6) is 11.5 Å². The summed E-state index contributed by atoms with van der Waals surface area (Å²) in [5.41, 5.74) is 6.73. The monoisotopic (exact) mass is 458 g/mol. The van der Waals surface area contributed by atoms with Gasteiger partial charge >= 0.3 is 6.36 Å². The topological polar surface area (TPSA) is 42.5 Å². The van der Waals surface area contributed by atoms with E-state index in [0.29, 0.717) is 5.75 Å². The highest BCUT2D eigenvalue weighted by Gasteiger charge is 2.30. The van der Waals surface area contributed by atoms with Gasteiger partial charge in [0.2, 0.25) is 0 Å². The molecule has 0 spiro atoms. The summed E-state index contributed by atoms with van der Waals surface area (Å²) >= 11 is 0. The largest absolute Gasteiger partial charge is 0.573 e. The minimum atomic E-state index is -4.71. The minimum absolute atomic E-state index is 0.245. The molecule has 0 aliphatic rings. The third kappa shape index (κ3) is 8.35. The molecule has 3 rings (SSSR count). The van der Waals surface area contributed by atoms with Gasteiger partial charge in [-0.1, -0.05) is 61.9 Å². The molecular formula is C26H29F3N2O2. The van der Waals surface area contributed by atoms with E-state index in [2.05, 4.69) is 34.6 Å². The number of hydrogen-bond acceptors (Lipinski definition) is 4. The molecule has 176 valence electrons. The van der Waals surface area contributed by atoms with Gasteiger partial charge in [0, 0.05) is 13.1 Å². The normalized spacial score (nSPS) is 11.3. The van der Waals surface area contributed by atoms with E-state index in [9.17, 15) is 13.2 Å². The molecule has 7 heteroatoms. The molecule has 0 fully saturated rings. The predicted octanol–water partition coefficient (Wildman–Crippen LogP) is 6.98. The molecule has 0 atom stereocenters. The smallest absolute Gasteiger partial charge is 0.407 e. The van der Waals surface area contributed by atoms with E-state index in [0.717, 1.165) is 55.6 Å². The van der Waals surface area contributed by atoms with Crippen LogP contribution in [0.3, 0.4) is 0 Å². The number of nitrogens with one attached hydrogen (secondary N) is 2. The molecule has 0 aliphatic heterocycles. The van der Waals surface area contributed by atoms with E-state index in [1.54, 1.807) is 12.1 Å². The molecule has 0 aliphatic carbocycles. The van der Waals surface area contributed by atoms with E-state index in [4.69, 9.17) is 4.84 Å². The molecule has 0 radical (unpaired) electrons. The summed E-state index contributed by atoms with van der Waals surface area (Å²) in [6.07, 6.45) is -0.736. The van der Waals surface area contributed by atoms with Gasteiger partial charge in [-0.05, 0) is 60.2 Å². The number of benzene rings is 3. The van der Waals surface area contributed by atoms with Crippen LogP contribution in [-0.4, -0.2) is 19.5 Å². The van der Waals surface area contributed by atoms with E-state index in [1.807, 2.05) is 36.4 Å². The van der Waals surface area contributed by atoms with E-state index < -0.39 is 6.36 Å². The lowest BCUT2D eigenvalue weighted by atomic mass is 10.0. The van der Waals surface area contributed by atoms with Crippen LogP contribution >= 0.6 is 0 Å². The van der Waals surface area contributed by atoms with Crippen molar-refractivity contribution in [2.24, 2.45) is 0 Å². The van der Waals surface area contributed by atoms with Crippen LogP contribution in [0, 0.1) is 0 Å². The van der Waals surface area contributed by atoms with Crippen molar-refractivity contribution in [3.05, 3.63) is 78.4 Å². The number of ether oxygens (including phenoxy) is 1. The molecule has 0 unspecified atom stereocenters. The van der Waals surface area contributed by atoms with Crippen molar-refractivity contribution in [1.29, 1.82) is 0 Å². The standard InChI is InChI=1S/C26H29F3N2O2/c1-2-3-18-31-33-25-16-13-22(21-11-14-23(15-12-21)32-26(27,28)29)19-24(25)30-17-7-10-20-8-5-4-6-9-20/h4-6,8-9,11-16,19,30-31H,2-3,7,10,17-18H2,1H3. The first kappa shape index (κ1) is 24.5. The van der Waals surface area contributed by atoms with Crippen molar-refractivity contribution in [2.45, 2.75) is 39.0 Å². The Morgan fingerprint density at radius 3 is 2.24 bits per heavy atom. The van der Waals surface area contributed by atoms with Gasteiger partial charge in [-0.2, -0.15) is 5.48 Å². The van der Waals surface area contributed by atoms with Crippen LogP contribution in [0.2, 0.25) is 0 Å². The van der Waals surface area contributed by atoms with Gasteiger partial charge in [-0.3, -0.25) is 0 Å². The second-order valence-electron chi connectivity index (χ2n) is 7.65. The number of halogens is 3. The van der Waals surface area contributed by atoms with E-state index in [1.165, 1.54) is 17.7 Å². The lowest BCUT2D eigenvalue weighted by Crippen LogP contribution is -2.20. The van der Waals surface area contributed by atoms with Gasteiger partial charge < -0.3 is 14.9 Å². The van der Waals surface area contributed by atoms with Gasteiger partial charge in [-0.15, -0.1) is 13.2 Å². The Balaban J connectivity index is 1.69. The molecular weight excluding hydrogens is 429 g/mol. The highest BCUT2D eigenvalue weighted by molar-refractivity contribution is 5.72. The van der Waals surface area contributed by atoms with Crippen molar-refractivity contribution in [3.63, 3.8) is 0 Å². The summed E-state index contributed by atoms with van der Waals surface area (Å²) < 4.78 is 41.2. The number of hydroxylamine groups is 1. The predicted molar refractivity (Wildman–Crippen MR) is 125 cm³/mol. The summed E-state index contributed by atoms with van der Waals surface area (Å²) in [5, 5.41) is 3.44. The first-order valence-electron chi connectivity index (χ1n) is 11.1. The van der Waals surface area contributed by atoms with Gasteiger partial charge in [-0.25, -0.2) is 0 Å². The van der Waals surface area contributed by atoms with Gasteiger partial charge in [0.1, 0.15) is 5.75 Å². The molecule has 4 nitrogen and oxygen atoms in total. The molecule has 33 heavy (non-hydrogen) atoms. The Morgan fingerprint density at radius 1 is 0.818 bits per heavy atom. The summed E-state index contributed by atoms with van der Waals surface area (Å²) in [6, 6.07) is 21.8. The molecule has 0 saturated carbocycles. The van der Waals surface area contributed by atoms with Gasteiger partial charge in [0.05, 0.1) is 5.69 Å².